The Morgan fingerprint density at radius 3 is 2.21 bits per heavy atom. The van der Waals surface area contributed by atoms with Crippen molar-refractivity contribution in [3.8, 4) is 11.5 Å². The van der Waals surface area contributed by atoms with Gasteiger partial charge in [0.05, 0.1) is 21.3 Å². The minimum atomic E-state index is -1.40. The summed E-state index contributed by atoms with van der Waals surface area (Å²) in [6, 6.07) is 3.56. The maximum Gasteiger partial charge on any atom is 0.339 e. The molecule has 0 saturated carbocycles. The number of hydrogen-bond acceptors (Lipinski definition) is 5. The molecule has 0 fully saturated rings. The van der Waals surface area contributed by atoms with Crippen LogP contribution in [0.1, 0.15) is 37.0 Å². The van der Waals surface area contributed by atoms with Gasteiger partial charge in [-0.15, -0.1) is 0 Å². The molecule has 0 aliphatic carbocycles. The molecule has 106 valence electrons. The van der Waals surface area contributed by atoms with Crippen LogP contribution in [0, 0.1) is 0 Å². The lowest BCUT2D eigenvalue weighted by molar-refractivity contribution is -0.150. The van der Waals surface area contributed by atoms with Crippen LogP contribution < -0.4 is 9.47 Å². The first-order chi connectivity index (χ1) is 8.96. The summed E-state index contributed by atoms with van der Waals surface area (Å²) in [6.45, 7) is 4.02. The van der Waals surface area contributed by atoms with Crippen LogP contribution in [0.2, 0.25) is 0 Å². The Labute approximate surface area is 113 Å². The zero-order valence-electron chi connectivity index (χ0n) is 11.9. The number of carbonyl (C=O) groups is 1. The maximum absolute atomic E-state index is 11.5. The van der Waals surface area contributed by atoms with E-state index in [2.05, 4.69) is 4.74 Å². The van der Waals surface area contributed by atoms with E-state index in [1.54, 1.807) is 6.07 Å². The number of aliphatic hydroxyl groups is 1. The van der Waals surface area contributed by atoms with E-state index >= 15 is 0 Å². The molecule has 0 aliphatic heterocycles. The monoisotopic (exact) mass is 268 g/mol. The fourth-order valence-corrected chi connectivity index (χ4v) is 1.79. The molecule has 0 aromatic heterocycles. The van der Waals surface area contributed by atoms with Crippen LogP contribution in [-0.2, 0) is 9.53 Å². The van der Waals surface area contributed by atoms with Gasteiger partial charge < -0.3 is 19.3 Å². The van der Waals surface area contributed by atoms with Crippen molar-refractivity contribution in [1.29, 1.82) is 0 Å². The molecule has 5 nitrogen and oxygen atoms in total. The third-order valence-electron chi connectivity index (χ3n) is 2.92. The molecule has 0 saturated heterocycles. The van der Waals surface area contributed by atoms with Gasteiger partial charge in [-0.25, -0.2) is 4.79 Å². The molecule has 1 unspecified atom stereocenters. The van der Waals surface area contributed by atoms with E-state index in [4.69, 9.17) is 9.47 Å². The highest BCUT2D eigenvalue weighted by molar-refractivity contribution is 5.78. The molecule has 1 aromatic carbocycles. The van der Waals surface area contributed by atoms with Gasteiger partial charge in [0.15, 0.2) is 17.6 Å². The topological polar surface area (TPSA) is 65.0 Å². The molecule has 19 heavy (non-hydrogen) atoms. The molecule has 0 bridgehead atoms. The minimum Gasteiger partial charge on any atom is -0.493 e. The summed E-state index contributed by atoms with van der Waals surface area (Å²) in [6.07, 6.45) is -1.40. The summed E-state index contributed by atoms with van der Waals surface area (Å²) >= 11 is 0. The van der Waals surface area contributed by atoms with Gasteiger partial charge in [-0.1, -0.05) is 13.8 Å². The van der Waals surface area contributed by atoms with Gasteiger partial charge in [-0.3, -0.25) is 0 Å². The van der Waals surface area contributed by atoms with Crippen LogP contribution in [0.25, 0.3) is 0 Å². The Balaban J connectivity index is 3.41. The predicted molar refractivity (Wildman–Crippen MR) is 70.6 cm³/mol. The van der Waals surface area contributed by atoms with Crippen LogP contribution in [-0.4, -0.2) is 32.4 Å². The Kier molecular flexibility index (Phi) is 5.18. The number of hydrogen-bond donors (Lipinski definition) is 1. The number of ether oxygens (including phenoxy) is 3. The van der Waals surface area contributed by atoms with E-state index in [0.29, 0.717) is 17.1 Å². The summed E-state index contributed by atoms with van der Waals surface area (Å²) in [5.74, 6) is 0.307. The van der Waals surface area contributed by atoms with Crippen LogP contribution >= 0.6 is 0 Å². The highest BCUT2D eigenvalue weighted by Crippen LogP contribution is 2.38. The van der Waals surface area contributed by atoms with E-state index in [0.717, 1.165) is 5.56 Å². The third kappa shape index (κ3) is 3.17. The molecule has 1 rings (SSSR count). The number of benzene rings is 1. The van der Waals surface area contributed by atoms with Crippen LogP contribution in [0.3, 0.4) is 0 Å². The average molecular weight is 268 g/mol. The van der Waals surface area contributed by atoms with Crippen molar-refractivity contribution >= 4 is 5.97 Å². The number of aliphatic hydroxyl groups excluding tert-OH is 1. The molecular weight excluding hydrogens is 248 g/mol. The first-order valence-electron chi connectivity index (χ1n) is 5.97. The normalized spacial score (nSPS) is 12.2. The Morgan fingerprint density at radius 1 is 1.16 bits per heavy atom. The van der Waals surface area contributed by atoms with Gasteiger partial charge in [-0.2, -0.15) is 0 Å². The second kappa shape index (κ2) is 6.43. The van der Waals surface area contributed by atoms with E-state index in [1.165, 1.54) is 21.3 Å². The van der Waals surface area contributed by atoms with Crippen molar-refractivity contribution in [3.63, 3.8) is 0 Å². The lowest BCUT2D eigenvalue weighted by Gasteiger charge is -2.18. The van der Waals surface area contributed by atoms with Gasteiger partial charge in [0.25, 0.3) is 0 Å². The van der Waals surface area contributed by atoms with Crippen molar-refractivity contribution in [2.75, 3.05) is 21.3 Å². The zero-order chi connectivity index (χ0) is 14.6. The smallest absolute Gasteiger partial charge is 0.339 e. The zero-order valence-corrected chi connectivity index (χ0v) is 11.9. The number of rotatable bonds is 5. The maximum atomic E-state index is 11.5. The van der Waals surface area contributed by atoms with E-state index < -0.39 is 12.1 Å². The number of methoxy groups -OCH3 is 3. The first-order valence-corrected chi connectivity index (χ1v) is 5.97. The molecule has 0 radical (unpaired) electrons. The average Bonchev–Trinajstić information content (AvgIpc) is 2.43. The summed E-state index contributed by atoms with van der Waals surface area (Å²) in [7, 11) is 4.19. The van der Waals surface area contributed by atoms with E-state index in [9.17, 15) is 9.90 Å². The quantitative estimate of drug-likeness (QED) is 0.828. The highest BCUT2D eigenvalue weighted by atomic mass is 16.5. The number of esters is 1. The molecule has 0 aliphatic rings. The molecule has 1 atom stereocenters. The minimum absolute atomic E-state index is 0.225. The second-order valence-corrected chi connectivity index (χ2v) is 4.43. The summed E-state index contributed by atoms with van der Waals surface area (Å²) in [4.78, 5) is 11.5. The lowest BCUT2D eigenvalue weighted by atomic mass is 9.97. The van der Waals surface area contributed by atoms with Crippen molar-refractivity contribution in [3.05, 3.63) is 23.3 Å². The van der Waals surface area contributed by atoms with Crippen LogP contribution in [0.4, 0.5) is 0 Å². The SMILES string of the molecule is COC(=O)C(O)c1cc(C(C)C)cc(OC)c1OC. The van der Waals surface area contributed by atoms with Crippen molar-refractivity contribution in [1.82, 2.24) is 0 Å². The Morgan fingerprint density at radius 2 is 1.79 bits per heavy atom. The van der Waals surface area contributed by atoms with Gasteiger partial charge in [0, 0.05) is 5.56 Å². The highest BCUT2D eigenvalue weighted by Gasteiger charge is 2.25. The van der Waals surface area contributed by atoms with Crippen molar-refractivity contribution < 1.29 is 24.1 Å². The Hall–Kier alpha value is -1.75. The molecule has 0 amide bonds. The molecule has 1 aromatic rings. The summed E-state index contributed by atoms with van der Waals surface area (Å²) in [5.41, 5.74) is 1.29. The summed E-state index contributed by atoms with van der Waals surface area (Å²) < 4.78 is 15.0. The van der Waals surface area contributed by atoms with Crippen LogP contribution in [0.5, 0.6) is 11.5 Å². The standard InChI is InChI=1S/C14H20O5/c1-8(2)9-6-10(12(15)14(16)19-5)13(18-4)11(7-9)17-3/h6-8,12,15H,1-5H3. The first kappa shape index (κ1) is 15.3. The second-order valence-electron chi connectivity index (χ2n) is 4.43. The fraction of sp³-hybridized carbons (Fsp3) is 0.500. The molecule has 0 spiro atoms. The molecular formula is C14H20O5. The van der Waals surface area contributed by atoms with E-state index in [-0.39, 0.29) is 5.92 Å². The fourth-order valence-electron chi connectivity index (χ4n) is 1.79. The predicted octanol–water partition coefficient (Wildman–Crippen LogP) is 2.03. The molecule has 5 heteroatoms. The van der Waals surface area contributed by atoms with E-state index in [1.807, 2.05) is 19.9 Å². The third-order valence-corrected chi connectivity index (χ3v) is 2.92. The molecule has 0 heterocycles. The largest absolute Gasteiger partial charge is 0.493 e. The Bertz CT molecular complexity index is 453. The van der Waals surface area contributed by atoms with Gasteiger partial charge >= 0.3 is 5.97 Å². The van der Waals surface area contributed by atoms with Crippen LogP contribution in [0.15, 0.2) is 12.1 Å². The lowest BCUT2D eigenvalue weighted by Crippen LogP contribution is -2.15. The molecule has 1 N–H and O–H groups in total. The van der Waals surface area contributed by atoms with Crippen molar-refractivity contribution in [2.24, 2.45) is 0 Å². The van der Waals surface area contributed by atoms with Crippen molar-refractivity contribution in [2.45, 2.75) is 25.9 Å². The number of carbonyl (C=O) groups excluding carboxylic acids is 1. The van der Waals surface area contributed by atoms with Gasteiger partial charge in [0.2, 0.25) is 0 Å². The van der Waals surface area contributed by atoms with Gasteiger partial charge in [-0.05, 0) is 23.6 Å². The summed E-state index contributed by atoms with van der Waals surface area (Å²) in [5, 5.41) is 10.0. The van der Waals surface area contributed by atoms with Gasteiger partial charge in [0.1, 0.15) is 0 Å².